The summed E-state index contributed by atoms with van der Waals surface area (Å²) in [7, 11) is 0. The molecule has 0 saturated carbocycles. The van der Waals surface area contributed by atoms with Gasteiger partial charge >= 0.3 is 0 Å². The molecule has 3 aromatic carbocycles. The van der Waals surface area contributed by atoms with Gasteiger partial charge in [0.1, 0.15) is 11.3 Å². The molecular weight excluding hydrogens is 466 g/mol. The SMILES string of the molecule is O=C(NCCN1CCN(c2nc3c(F)cc(F)cc3s2)CC1)C(c1ccccc1)c1ccccc1. The second-order valence-electron chi connectivity index (χ2n) is 8.60. The third kappa shape index (κ3) is 5.33. The Labute approximate surface area is 207 Å². The topological polar surface area (TPSA) is 48.5 Å². The number of amides is 1. The van der Waals surface area contributed by atoms with Crippen LogP contribution in [-0.2, 0) is 4.79 Å². The Hall–Kier alpha value is -3.36. The summed E-state index contributed by atoms with van der Waals surface area (Å²) in [5.74, 6) is -1.57. The number of hydrogen-bond donors (Lipinski definition) is 1. The molecule has 1 saturated heterocycles. The van der Waals surface area contributed by atoms with Crippen molar-refractivity contribution < 1.29 is 13.6 Å². The second kappa shape index (κ2) is 10.5. The summed E-state index contributed by atoms with van der Waals surface area (Å²) in [6.45, 7) is 4.41. The number of carbonyl (C=O) groups excluding carboxylic acids is 1. The van der Waals surface area contributed by atoms with Gasteiger partial charge in [0.25, 0.3) is 0 Å². The van der Waals surface area contributed by atoms with E-state index in [0.29, 0.717) is 16.4 Å². The maximum absolute atomic E-state index is 14.0. The molecule has 1 aromatic heterocycles. The monoisotopic (exact) mass is 492 g/mol. The highest BCUT2D eigenvalue weighted by atomic mass is 32.1. The van der Waals surface area contributed by atoms with Crippen LogP contribution in [0, 0.1) is 11.6 Å². The standard InChI is InChI=1S/C27H26F2N4OS/c28-21-17-22(29)25-23(18-21)35-27(31-25)33-15-13-32(14-16-33)12-11-30-26(34)24(19-7-3-1-4-8-19)20-9-5-2-6-10-20/h1-10,17-18,24H,11-16H2,(H,30,34). The first-order chi connectivity index (χ1) is 17.1. The molecular formula is C27H26F2N4OS. The number of aromatic nitrogens is 1. The zero-order valence-electron chi connectivity index (χ0n) is 19.2. The molecule has 8 heteroatoms. The number of fused-ring (bicyclic) bond motifs is 1. The summed E-state index contributed by atoms with van der Waals surface area (Å²) in [4.78, 5) is 22.0. The molecule has 1 aliphatic rings. The van der Waals surface area contributed by atoms with Crippen LogP contribution in [0.2, 0.25) is 0 Å². The van der Waals surface area contributed by atoms with Gasteiger partial charge in [-0.15, -0.1) is 0 Å². The maximum Gasteiger partial charge on any atom is 0.232 e. The fraction of sp³-hybridized carbons (Fsp3) is 0.259. The molecule has 4 aromatic rings. The average Bonchev–Trinajstić information content (AvgIpc) is 3.30. The minimum Gasteiger partial charge on any atom is -0.354 e. The van der Waals surface area contributed by atoms with Crippen LogP contribution in [0.25, 0.3) is 10.2 Å². The molecule has 0 unspecified atom stereocenters. The van der Waals surface area contributed by atoms with Gasteiger partial charge in [-0.1, -0.05) is 72.0 Å². The normalized spacial score (nSPS) is 14.5. The number of thiazole rings is 1. The predicted molar refractivity (Wildman–Crippen MR) is 136 cm³/mol. The van der Waals surface area contributed by atoms with Crippen molar-refractivity contribution in [3.05, 3.63) is 95.6 Å². The number of halogens is 2. The molecule has 0 bridgehead atoms. The van der Waals surface area contributed by atoms with Gasteiger partial charge in [0.05, 0.1) is 10.6 Å². The van der Waals surface area contributed by atoms with Crippen molar-refractivity contribution in [2.45, 2.75) is 5.92 Å². The lowest BCUT2D eigenvalue weighted by molar-refractivity contribution is -0.121. The lowest BCUT2D eigenvalue weighted by atomic mass is 9.90. The smallest absolute Gasteiger partial charge is 0.232 e. The van der Waals surface area contributed by atoms with Crippen molar-refractivity contribution in [3.8, 4) is 0 Å². The predicted octanol–water partition coefficient (Wildman–Crippen LogP) is 4.64. The van der Waals surface area contributed by atoms with E-state index in [1.807, 2.05) is 60.7 Å². The zero-order chi connectivity index (χ0) is 24.2. The maximum atomic E-state index is 14.0. The summed E-state index contributed by atoms with van der Waals surface area (Å²) in [6, 6.07) is 21.9. The Balaban J connectivity index is 1.15. The Kier molecular flexibility index (Phi) is 7.01. The van der Waals surface area contributed by atoms with E-state index in [9.17, 15) is 13.6 Å². The number of benzene rings is 3. The van der Waals surface area contributed by atoms with Crippen molar-refractivity contribution >= 4 is 32.6 Å². The van der Waals surface area contributed by atoms with Gasteiger partial charge in [-0.25, -0.2) is 13.8 Å². The summed E-state index contributed by atoms with van der Waals surface area (Å²) in [6.07, 6.45) is 0. The van der Waals surface area contributed by atoms with Crippen LogP contribution in [-0.4, -0.2) is 55.1 Å². The molecule has 0 spiro atoms. The summed E-state index contributed by atoms with van der Waals surface area (Å²) < 4.78 is 28.0. The molecule has 180 valence electrons. The minimum atomic E-state index is -0.624. The molecule has 0 radical (unpaired) electrons. The summed E-state index contributed by atoms with van der Waals surface area (Å²) >= 11 is 1.31. The summed E-state index contributed by atoms with van der Waals surface area (Å²) in [5, 5.41) is 3.83. The van der Waals surface area contributed by atoms with Crippen LogP contribution in [0.4, 0.5) is 13.9 Å². The molecule has 5 rings (SSSR count). The molecule has 1 aliphatic heterocycles. The number of piperazine rings is 1. The highest BCUT2D eigenvalue weighted by Gasteiger charge is 2.24. The van der Waals surface area contributed by atoms with E-state index in [1.165, 1.54) is 17.4 Å². The van der Waals surface area contributed by atoms with Crippen LogP contribution in [0.1, 0.15) is 17.0 Å². The molecule has 0 atom stereocenters. The van der Waals surface area contributed by atoms with E-state index in [2.05, 4.69) is 20.1 Å². The molecule has 1 amide bonds. The Morgan fingerprint density at radius 3 is 2.20 bits per heavy atom. The number of hydrogen-bond acceptors (Lipinski definition) is 5. The molecule has 2 heterocycles. The van der Waals surface area contributed by atoms with E-state index >= 15 is 0 Å². The summed E-state index contributed by atoms with van der Waals surface area (Å²) in [5.41, 5.74) is 2.16. The molecule has 1 fully saturated rings. The van der Waals surface area contributed by atoms with E-state index in [0.717, 1.165) is 49.9 Å². The van der Waals surface area contributed by atoms with Gasteiger partial charge in [0, 0.05) is 45.3 Å². The number of nitrogens with one attached hydrogen (secondary N) is 1. The third-order valence-electron chi connectivity index (χ3n) is 6.30. The largest absolute Gasteiger partial charge is 0.354 e. The first-order valence-corrected chi connectivity index (χ1v) is 12.5. The van der Waals surface area contributed by atoms with Gasteiger partial charge in [-0.3, -0.25) is 9.69 Å². The highest BCUT2D eigenvalue weighted by molar-refractivity contribution is 7.22. The van der Waals surface area contributed by atoms with Gasteiger partial charge in [-0.05, 0) is 17.2 Å². The van der Waals surface area contributed by atoms with Gasteiger partial charge in [0.15, 0.2) is 10.9 Å². The number of carbonyl (C=O) groups is 1. The highest BCUT2D eigenvalue weighted by Crippen LogP contribution is 2.31. The molecule has 35 heavy (non-hydrogen) atoms. The van der Waals surface area contributed by atoms with Gasteiger partial charge < -0.3 is 10.2 Å². The van der Waals surface area contributed by atoms with Crippen LogP contribution < -0.4 is 10.2 Å². The average molecular weight is 493 g/mol. The minimum absolute atomic E-state index is 0.00947. The van der Waals surface area contributed by atoms with Crippen molar-refractivity contribution in [2.75, 3.05) is 44.2 Å². The quantitative estimate of drug-likeness (QED) is 0.408. The van der Waals surface area contributed by atoms with Crippen LogP contribution >= 0.6 is 11.3 Å². The van der Waals surface area contributed by atoms with Gasteiger partial charge in [0.2, 0.25) is 5.91 Å². The second-order valence-corrected chi connectivity index (χ2v) is 9.61. The van der Waals surface area contributed by atoms with E-state index in [-0.39, 0.29) is 17.3 Å². The van der Waals surface area contributed by atoms with Gasteiger partial charge in [-0.2, -0.15) is 0 Å². The van der Waals surface area contributed by atoms with Crippen molar-refractivity contribution in [1.82, 2.24) is 15.2 Å². The fourth-order valence-electron chi connectivity index (χ4n) is 4.47. The molecule has 1 N–H and O–H groups in total. The zero-order valence-corrected chi connectivity index (χ0v) is 20.0. The molecule has 0 aliphatic carbocycles. The van der Waals surface area contributed by atoms with Crippen molar-refractivity contribution in [3.63, 3.8) is 0 Å². The van der Waals surface area contributed by atoms with Crippen LogP contribution in [0.3, 0.4) is 0 Å². The van der Waals surface area contributed by atoms with E-state index in [4.69, 9.17) is 0 Å². The fourth-order valence-corrected chi connectivity index (χ4v) is 5.53. The first kappa shape index (κ1) is 23.4. The van der Waals surface area contributed by atoms with Crippen molar-refractivity contribution in [1.29, 1.82) is 0 Å². The number of rotatable bonds is 7. The first-order valence-electron chi connectivity index (χ1n) is 11.7. The Morgan fingerprint density at radius 1 is 0.943 bits per heavy atom. The van der Waals surface area contributed by atoms with E-state index in [1.54, 1.807) is 0 Å². The lowest BCUT2D eigenvalue weighted by Gasteiger charge is -2.34. The Bertz CT molecular complexity index is 1250. The van der Waals surface area contributed by atoms with Crippen molar-refractivity contribution in [2.24, 2.45) is 0 Å². The van der Waals surface area contributed by atoms with Crippen LogP contribution in [0.5, 0.6) is 0 Å². The number of nitrogens with zero attached hydrogens (tertiary/aromatic N) is 3. The Morgan fingerprint density at radius 2 is 1.57 bits per heavy atom. The van der Waals surface area contributed by atoms with E-state index < -0.39 is 11.6 Å². The third-order valence-corrected chi connectivity index (χ3v) is 7.36. The lowest BCUT2D eigenvalue weighted by Crippen LogP contribution is -2.48. The van der Waals surface area contributed by atoms with Crippen LogP contribution in [0.15, 0.2) is 72.8 Å². The number of anilines is 1. The molecule has 5 nitrogen and oxygen atoms in total.